The van der Waals surface area contributed by atoms with Crippen LogP contribution in [0.4, 0.5) is 0 Å². The Morgan fingerprint density at radius 1 is 1.17 bits per heavy atom. The number of likely N-dealkylation sites (tertiary alicyclic amines) is 1. The first-order valence-corrected chi connectivity index (χ1v) is 8.16. The van der Waals surface area contributed by atoms with Gasteiger partial charge in [-0.1, -0.05) is 48.8 Å². The zero-order valence-electron chi connectivity index (χ0n) is 13.5. The van der Waals surface area contributed by atoms with Gasteiger partial charge in [-0.05, 0) is 25.9 Å². The normalized spacial score (nSPS) is 18.2. The van der Waals surface area contributed by atoms with E-state index in [0.29, 0.717) is 5.76 Å². The molecule has 3 rings (SSSR count). The molecule has 4 nitrogen and oxygen atoms in total. The molecular formula is C18H25ClN2O2. The third-order valence-electron chi connectivity index (χ3n) is 4.42. The van der Waals surface area contributed by atoms with Crippen LogP contribution in [0.3, 0.4) is 0 Å². The minimum absolute atomic E-state index is 0. The van der Waals surface area contributed by atoms with E-state index >= 15 is 0 Å². The van der Waals surface area contributed by atoms with Crippen LogP contribution >= 0.6 is 12.4 Å². The smallest absolute Gasteiger partial charge is 0.166 e. The standard InChI is InChI=1S/C18H24N2O2.ClH/c1-14(13-20-10-6-3-7-11-20)18(21)17-12-16(19-22-17)15-8-4-2-5-9-15;/h2,4-5,8-9,12,14,18,21H,3,6-7,10-11,13H2,1H3;1H. The fourth-order valence-electron chi connectivity index (χ4n) is 3.10. The Kier molecular flexibility index (Phi) is 6.63. The lowest BCUT2D eigenvalue weighted by atomic mass is 10.00. The molecule has 0 bridgehead atoms. The summed E-state index contributed by atoms with van der Waals surface area (Å²) in [4.78, 5) is 2.44. The SMILES string of the molecule is CC(CN1CCCCC1)C(O)c1cc(-c2ccccc2)no1.Cl. The number of aliphatic hydroxyl groups is 1. The molecular weight excluding hydrogens is 312 g/mol. The maximum absolute atomic E-state index is 10.5. The first-order chi connectivity index (χ1) is 10.7. The Balaban J connectivity index is 0.00000192. The molecule has 2 atom stereocenters. The quantitative estimate of drug-likeness (QED) is 0.899. The summed E-state index contributed by atoms with van der Waals surface area (Å²) in [5, 5.41) is 14.6. The highest BCUT2D eigenvalue weighted by atomic mass is 35.5. The number of hydrogen-bond acceptors (Lipinski definition) is 4. The van der Waals surface area contributed by atoms with Crippen molar-refractivity contribution in [2.45, 2.75) is 32.3 Å². The molecule has 126 valence electrons. The molecule has 0 amide bonds. The molecule has 2 heterocycles. The highest BCUT2D eigenvalue weighted by Crippen LogP contribution is 2.27. The van der Waals surface area contributed by atoms with Crippen molar-refractivity contribution in [1.82, 2.24) is 10.1 Å². The van der Waals surface area contributed by atoms with Crippen LogP contribution < -0.4 is 0 Å². The molecule has 2 unspecified atom stereocenters. The molecule has 1 saturated heterocycles. The Labute approximate surface area is 143 Å². The van der Waals surface area contributed by atoms with Crippen molar-refractivity contribution in [2.75, 3.05) is 19.6 Å². The number of aromatic nitrogens is 1. The second-order valence-electron chi connectivity index (χ2n) is 6.26. The van der Waals surface area contributed by atoms with Crippen LogP contribution in [0.15, 0.2) is 40.9 Å². The van der Waals surface area contributed by atoms with Gasteiger partial charge in [0.15, 0.2) is 5.76 Å². The summed E-state index contributed by atoms with van der Waals surface area (Å²) in [6, 6.07) is 11.8. The minimum Gasteiger partial charge on any atom is -0.385 e. The molecule has 1 aliphatic rings. The molecule has 0 saturated carbocycles. The lowest BCUT2D eigenvalue weighted by molar-refractivity contribution is 0.0604. The van der Waals surface area contributed by atoms with E-state index in [9.17, 15) is 5.11 Å². The summed E-state index contributed by atoms with van der Waals surface area (Å²) >= 11 is 0. The third-order valence-corrected chi connectivity index (χ3v) is 4.42. The highest BCUT2D eigenvalue weighted by Gasteiger charge is 2.24. The first kappa shape index (κ1) is 18.0. The van der Waals surface area contributed by atoms with Gasteiger partial charge in [0.1, 0.15) is 11.8 Å². The second kappa shape index (κ2) is 8.48. The zero-order chi connectivity index (χ0) is 15.4. The monoisotopic (exact) mass is 336 g/mol. The van der Waals surface area contributed by atoms with E-state index in [1.165, 1.54) is 19.3 Å². The summed E-state index contributed by atoms with van der Waals surface area (Å²) in [6.45, 7) is 5.26. The summed E-state index contributed by atoms with van der Waals surface area (Å²) < 4.78 is 5.37. The summed E-state index contributed by atoms with van der Waals surface area (Å²) in [5.74, 6) is 0.693. The van der Waals surface area contributed by atoms with Gasteiger partial charge in [-0.25, -0.2) is 0 Å². The predicted molar refractivity (Wildman–Crippen MR) is 93.6 cm³/mol. The lowest BCUT2D eigenvalue weighted by Gasteiger charge is -2.30. The van der Waals surface area contributed by atoms with E-state index < -0.39 is 6.10 Å². The molecule has 1 N–H and O–H groups in total. The topological polar surface area (TPSA) is 49.5 Å². The average Bonchev–Trinajstić information content (AvgIpc) is 3.06. The van der Waals surface area contributed by atoms with E-state index in [2.05, 4.69) is 17.0 Å². The molecule has 0 spiro atoms. The summed E-state index contributed by atoms with van der Waals surface area (Å²) in [5.41, 5.74) is 1.79. The maximum atomic E-state index is 10.5. The van der Waals surface area contributed by atoms with E-state index in [1.807, 2.05) is 36.4 Å². The predicted octanol–water partition coefficient (Wildman–Crippen LogP) is 3.92. The van der Waals surface area contributed by atoms with Crippen LogP contribution in [0, 0.1) is 5.92 Å². The van der Waals surface area contributed by atoms with E-state index in [1.54, 1.807) is 0 Å². The molecule has 1 fully saturated rings. The number of nitrogens with zero attached hydrogens (tertiary/aromatic N) is 2. The van der Waals surface area contributed by atoms with Gasteiger partial charge in [0.2, 0.25) is 0 Å². The van der Waals surface area contributed by atoms with Gasteiger partial charge in [0.05, 0.1) is 0 Å². The highest BCUT2D eigenvalue weighted by molar-refractivity contribution is 5.85. The summed E-state index contributed by atoms with van der Waals surface area (Å²) in [7, 11) is 0. The van der Waals surface area contributed by atoms with Gasteiger partial charge in [-0.2, -0.15) is 0 Å². The average molecular weight is 337 g/mol. The van der Waals surface area contributed by atoms with Gasteiger partial charge < -0.3 is 14.5 Å². The van der Waals surface area contributed by atoms with Crippen LogP contribution in [0.5, 0.6) is 0 Å². The van der Waals surface area contributed by atoms with Crippen molar-refractivity contribution in [3.8, 4) is 11.3 Å². The van der Waals surface area contributed by atoms with E-state index in [4.69, 9.17) is 4.52 Å². The number of benzene rings is 1. The fourth-order valence-corrected chi connectivity index (χ4v) is 3.10. The number of piperidine rings is 1. The van der Waals surface area contributed by atoms with E-state index in [0.717, 1.165) is 30.9 Å². The van der Waals surface area contributed by atoms with Gasteiger partial charge in [0, 0.05) is 24.1 Å². The molecule has 1 aliphatic heterocycles. The van der Waals surface area contributed by atoms with Crippen molar-refractivity contribution in [2.24, 2.45) is 5.92 Å². The molecule has 5 heteroatoms. The molecule has 1 aromatic heterocycles. The van der Waals surface area contributed by atoms with Gasteiger partial charge in [0.25, 0.3) is 0 Å². The molecule has 1 aromatic carbocycles. The van der Waals surface area contributed by atoms with Gasteiger partial charge in [-0.3, -0.25) is 0 Å². The van der Waals surface area contributed by atoms with Crippen LogP contribution in [-0.4, -0.2) is 34.8 Å². The Hall–Kier alpha value is -1.36. The Morgan fingerprint density at radius 2 is 1.87 bits per heavy atom. The van der Waals surface area contributed by atoms with Gasteiger partial charge in [-0.15, -0.1) is 12.4 Å². The number of aliphatic hydroxyl groups excluding tert-OH is 1. The molecule has 0 aliphatic carbocycles. The number of rotatable bonds is 5. The first-order valence-electron chi connectivity index (χ1n) is 8.16. The van der Waals surface area contributed by atoms with E-state index in [-0.39, 0.29) is 18.3 Å². The number of halogens is 1. The maximum Gasteiger partial charge on any atom is 0.166 e. The third kappa shape index (κ3) is 4.56. The summed E-state index contributed by atoms with van der Waals surface area (Å²) in [6.07, 6.45) is 3.26. The lowest BCUT2D eigenvalue weighted by Crippen LogP contribution is -2.35. The van der Waals surface area contributed by atoms with Crippen LogP contribution in [0.25, 0.3) is 11.3 Å². The van der Waals surface area contributed by atoms with Crippen LogP contribution in [0.1, 0.15) is 38.1 Å². The van der Waals surface area contributed by atoms with Crippen molar-refractivity contribution < 1.29 is 9.63 Å². The van der Waals surface area contributed by atoms with Crippen LogP contribution in [0.2, 0.25) is 0 Å². The fraction of sp³-hybridized carbons (Fsp3) is 0.500. The molecule has 23 heavy (non-hydrogen) atoms. The molecule has 2 aromatic rings. The van der Waals surface area contributed by atoms with Crippen molar-refractivity contribution in [1.29, 1.82) is 0 Å². The van der Waals surface area contributed by atoms with Crippen molar-refractivity contribution in [3.63, 3.8) is 0 Å². The Bertz CT molecular complexity index is 582. The van der Waals surface area contributed by atoms with Gasteiger partial charge >= 0.3 is 0 Å². The zero-order valence-corrected chi connectivity index (χ0v) is 14.3. The second-order valence-corrected chi connectivity index (χ2v) is 6.26. The van der Waals surface area contributed by atoms with Crippen LogP contribution in [-0.2, 0) is 0 Å². The minimum atomic E-state index is -0.605. The Morgan fingerprint density at radius 3 is 2.57 bits per heavy atom. The van der Waals surface area contributed by atoms with Crippen molar-refractivity contribution >= 4 is 12.4 Å². The number of hydrogen-bond donors (Lipinski definition) is 1. The van der Waals surface area contributed by atoms with Crippen molar-refractivity contribution in [3.05, 3.63) is 42.2 Å². The molecule has 0 radical (unpaired) electrons. The largest absolute Gasteiger partial charge is 0.385 e.